The molecular weight excluding hydrogens is 226 g/mol. The van der Waals surface area contributed by atoms with Crippen LogP contribution in [0, 0.1) is 13.8 Å². The van der Waals surface area contributed by atoms with Crippen LogP contribution in [-0.2, 0) is 11.2 Å². The van der Waals surface area contributed by atoms with Gasteiger partial charge in [-0.1, -0.05) is 23.8 Å². The van der Waals surface area contributed by atoms with Crippen LogP contribution in [0.4, 0.5) is 0 Å². The third-order valence-electron chi connectivity index (χ3n) is 3.78. The van der Waals surface area contributed by atoms with E-state index in [1.165, 1.54) is 11.1 Å². The van der Waals surface area contributed by atoms with E-state index in [0.29, 0.717) is 6.42 Å². The number of carbonyl (C=O) groups is 1. The number of hydrogen-bond acceptors (Lipinski definition) is 2. The molecule has 0 spiro atoms. The fraction of sp³-hybridized carbons (Fsp3) is 0.533. The van der Waals surface area contributed by atoms with Crippen molar-refractivity contribution in [2.24, 2.45) is 0 Å². The van der Waals surface area contributed by atoms with Crippen molar-refractivity contribution in [2.75, 3.05) is 13.1 Å². The molecule has 0 radical (unpaired) electrons. The molecule has 1 unspecified atom stereocenters. The Morgan fingerprint density at radius 2 is 2.00 bits per heavy atom. The van der Waals surface area contributed by atoms with Crippen molar-refractivity contribution in [1.82, 2.24) is 4.90 Å². The van der Waals surface area contributed by atoms with Crippen LogP contribution < -0.4 is 0 Å². The molecule has 3 nitrogen and oxygen atoms in total. The minimum atomic E-state index is -0.697. The highest BCUT2D eigenvalue weighted by atomic mass is 16.4. The minimum absolute atomic E-state index is 0.367. The second-order valence-electron chi connectivity index (χ2n) is 5.23. The van der Waals surface area contributed by atoms with E-state index >= 15 is 0 Å². The summed E-state index contributed by atoms with van der Waals surface area (Å²) in [6.07, 6.45) is 2.86. The van der Waals surface area contributed by atoms with Crippen LogP contribution in [0.15, 0.2) is 18.2 Å². The third kappa shape index (κ3) is 2.91. The zero-order chi connectivity index (χ0) is 13.1. The van der Waals surface area contributed by atoms with Crippen molar-refractivity contribution in [3.8, 4) is 0 Å². The van der Waals surface area contributed by atoms with Crippen LogP contribution in [0.25, 0.3) is 0 Å². The predicted octanol–water partition coefficient (Wildman–Crippen LogP) is 2.39. The lowest BCUT2D eigenvalue weighted by Gasteiger charge is -2.24. The molecule has 1 aliphatic rings. The number of likely N-dealkylation sites (tertiary alicyclic amines) is 1. The lowest BCUT2D eigenvalue weighted by molar-refractivity contribution is -0.142. The molecule has 3 heteroatoms. The standard InChI is InChI=1S/C15H21NO2/c1-11-5-6-13(12(2)9-11)10-14(15(17)18)16-7-3-4-8-16/h5-6,9,14H,3-4,7-8,10H2,1-2H3,(H,17,18). The molecule has 98 valence electrons. The van der Waals surface area contributed by atoms with Gasteiger partial charge in [0.15, 0.2) is 0 Å². The highest BCUT2D eigenvalue weighted by Crippen LogP contribution is 2.19. The fourth-order valence-corrected chi connectivity index (χ4v) is 2.71. The van der Waals surface area contributed by atoms with Crippen molar-refractivity contribution >= 4 is 5.97 Å². The van der Waals surface area contributed by atoms with E-state index in [1.807, 2.05) is 0 Å². The zero-order valence-electron chi connectivity index (χ0n) is 11.1. The summed E-state index contributed by atoms with van der Waals surface area (Å²) in [5, 5.41) is 9.40. The lowest BCUT2D eigenvalue weighted by atomic mass is 9.98. The Morgan fingerprint density at radius 1 is 1.33 bits per heavy atom. The number of hydrogen-bond donors (Lipinski definition) is 1. The first-order chi connectivity index (χ1) is 8.58. The largest absolute Gasteiger partial charge is 0.480 e. The van der Waals surface area contributed by atoms with Crippen molar-refractivity contribution in [2.45, 2.75) is 39.2 Å². The number of carboxylic acid groups (broad SMARTS) is 1. The topological polar surface area (TPSA) is 40.5 Å². The Labute approximate surface area is 108 Å². The van der Waals surface area contributed by atoms with Crippen LogP contribution in [0.5, 0.6) is 0 Å². The molecule has 1 N–H and O–H groups in total. The quantitative estimate of drug-likeness (QED) is 0.888. The van der Waals surface area contributed by atoms with E-state index in [2.05, 4.69) is 36.9 Å². The Hall–Kier alpha value is -1.35. The third-order valence-corrected chi connectivity index (χ3v) is 3.78. The van der Waals surface area contributed by atoms with Crippen LogP contribution >= 0.6 is 0 Å². The van der Waals surface area contributed by atoms with Crippen molar-refractivity contribution in [3.63, 3.8) is 0 Å². The van der Waals surface area contributed by atoms with Gasteiger partial charge in [-0.15, -0.1) is 0 Å². The normalized spacial score (nSPS) is 17.9. The van der Waals surface area contributed by atoms with E-state index in [0.717, 1.165) is 31.5 Å². The van der Waals surface area contributed by atoms with Gasteiger partial charge in [-0.2, -0.15) is 0 Å². The Kier molecular flexibility index (Phi) is 4.02. The molecule has 1 atom stereocenters. The lowest BCUT2D eigenvalue weighted by Crippen LogP contribution is -2.41. The first kappa shape index (κ1) is 13.1. The van der Waals surface area contributed by atoms with E-state index in [9.17, 15) is 9.90 Å². The summed E-state index contributed by atoms with van der Waals surface area (Å²) in [5.74, 6) is -0.697. The molecule has 1 fully saturated rings. The highest BCUT2D eigenvalue weighted by molar-refractivity contribution is 5.74. The van der Waals surface area contributed by atoms with E-state index in [1.54, 1.807) is 0 Å². The first-order valence-electron chi connectivity index (χ1n) is 6.61. The molecular formula is C15H21NO2. The Bertz CT molecular complexity index is 436. The molecule has 0 saturated carbocycles. The molecule has 1 heterocycles. The number of rotatable bonds is 4. The van der Waals surface area contributed by atoms with Crippen LogP contribution in [0.1, 0.15) is 29.5 Å². The molecule has 1 aromatic rings. The number of carboxylic acids is 1. The van der Waals surface area contributed by atoms with Gasteiger partial charge in [-0.3, -0.25) is 9.69 Å². The van der Waals surface area contributed by atoms with Crippen LogP contribution in [0.2, 0.25) is 0 Å². The molecule has 0 bridgehead atoms. The minimum Gasteiger partial charge on any atom is -0.480 e. The summed E-state index contributed by atoms with van der Waals surface area (Å²) in [6.45, 7) is 5.96. The summed E-state index contributed by atoms with van der Waals surface area (Å²) in [4.78, 5) is 13.5. The molecule has 0 aromatic heterocycles. The summed E-state index contributed by atoms with van der Waals surface area (Å²) >= 11 is 0. The SMILES string of the molecule is Cc1ccc(CC(C(=O)O)N2CCCC2)c(C)c1. The fourth-order valence-electron chi connectivity index (χ4n) is 2.71. The van der Waals surface area contributed by atoms with Gasteiger partial charge in [-0.25, -0.2) is 0 Å². The first-order valence-corrected chi connectivity index (χ1v) is 6.61. The molecule has 1 saturated heterocycles. The summed E-state index contributed by atoms with van der Waals surface area (Å²) < 4.78 is 0. The Balaban J connectivity index is 2.15. The van der Waals surface area contributed by atoms with Gasteiger partial charge in [0.05, 0.1) is 0 Å². The monoisotopic (exact) mass is 247 g/mol. The summed E-state index contributed by atoms with van der Waals surface area (Å²) in [6, 6.07) is 5.88. The maximum absolute atomic E-state index is 11.4. The molecule has 1 aromatic carbocycles. The van der Waals surface area contributed by atoms with Gasteiger partial charge >= 0.3 is 5.97 Å². The number of aliphatic carboxylic acids is 1. The van der Waals surface area contributed by atoms with Gasteiger partial charge in [-0.05, 0) is 57.3 Å². The van der Waals surface area contributed by atoms with Crippen LogP contribution in [0.3, 0.4) is 0 Å². The Morgan fingerprint density at radius 3 is 2.56 bits per heavy atom. The van der Waals surface area contributed by atoms with E-state index < -0.39 is 5.97 Å². The number of aryl methyl sites for hydroxylation is 2. The zero-order valence-corrected chi connectivity index (χ0v) is 11.1. The predicted molar refractivity (Wildman–Crippen MR) is 71.9 cm³/mol. The van der Waals surface area contributed by atoms with Crippen molar-refractivity contribution in [1.29, 1.82) is 0 Å². The summed E-state index contributed by atoms with van der Waals surface area (Å²) in [7, 11) is 0. The number of benzene rings is 1. The second-order valence-corrected chi connectivity index (χ2v) is 5.23. The van der Waals surface area contributed by atoms with Crippen LogP contribution in [-0.4, -0.2) is 35.1 Å². The average Bonchev–Trinajstić information content (AvgIpc) is 2.80. The maximum Gasteiger partial charge on any atom is 0.321 e. The van der Waals surface area contributed by atoms with Gasteiger partial charge < -0.3 is 5.11 Å². The van der Waals surface area contributed by atoms with E-state index in [4.69, 9.17) is 0 Å². The van der Waals surface area contributed by atoms with E-state index in [-0.39, 0.29) is 6.04 Å². The molecule has 18 heavy (non-hydrogen) atoms. The molecule has 0 amide bonds. The summed E-state index contributed by atoms with van der Waals surface area (Å²) in [5.41, 5.74) is 3.57. The van der Waals surface area contributed by atoms with Crippen molar-refractivity contribution in [3.05, 3.63) is 34.9 Å². The van der Waals surface area contributed by atoms with Gasteiger partial charge in [0.2, 0.25) is 0 Å². The van der Waals surface area contributed by atoms with Gasteiger partial charge in [0.1, 0.15) is 6.04 Å². The average molecular weight is 247 g/mol. The smallest absolute Gasteiger partial charge is 0.321 e. The molecule has 2 rings (SSSR count). The van der Waals surface area contributed by atoms with Crippen molar-refractivity contribution < 1.29 is 9.90 Å². The van der Waals surface area contributed by atoms with Gasteiger partial charge in [0, 0.05) is 0 Å². The maximum atomic E-state index is 11.4. The number of nitrogens with zero attached hydrogens (tertiary/aromatic N) is 1. The molecule has 1 aliphatic heterocycles. The highest BCUT2D eigenvalue weighted by Gasteiger charge is 2.28. The second kappa shape index (κ2) is 5.53. The van der Waals surface area contributed by atoms with Gasteiger partial charge in [0.25, 0.3) is 0 Å². The molecule has 0 aliphatic carbocycles.